The second-order valence-electron chi connectivity index (χ2n) is 9.37. The van der Waals surface area contributed by atoms with Crippen LogP contribution in [0.1, 0.15) is 63.1 Å². The van der Waals surface area contributed by atoms with Crippen molar-refractivity contribution in [2.45, 2.75) is 39.5 Å². The Balaban J connectivity index is 1.55. The molecule has 0 saturated heterocycles. The molecule has 0 unspecified atom stereocenters. The Labute approximate surface area is 231 Å². The van der Waals surface area contributed by atoms with Crippen molar-refractivity contribution in [2.24, 2.45) is 0 Å². The summed E-state index contributed by atoms with van der Waals surface area (Å²) in [5, 5.41) is 17.9. The van der Waals surface area contributed by atoms with Crippen molar-refractivity contribution in [2.75, 3.05) is 11.9 Å². The lowest BCUT2D eigenvalue weighted by atomic mass is 9.96. The van der Waals surface area contributed by atoms with Gasteiger partial charge in [-0.15, -0.1) is 0 Å². The van der Waals surface area contributed by atoms with Gasteiger partial charge in [-0.1, -0.05) is 43.1 Å². The summed E-state index contributed by atoms with van der Waals surface area (Å²) >= 11 is 13.0. The van der Waals surface area contributed by atoms with Crippen LogP contribution >= 0.6 is 23.2 Å². The van der Waals surface area contributed by atoms with Gasteiger partial charge in [0.1, 0.15) is 0 Å². The van der Waals surface area contributed by atoms with Gasteiger partial charge in [0.15, 0.2) is 0 Å². The number of rotatable bonds is 8. The highest BCUT2D eigenvalue weighted by molar-refractivity contribution is 6.39. The molecule has 0 atom stereocenters. The average Bonchev–Trinajstić information content (AvgIpc) is 3.30. The first-order valence-electron chi connectivity index (χ1n) is 12.2. The first-order valence-corrected chi connectivity index (χ1v) is 12.9. The van der Waals surface area contributed by atoms with E-state index < -0.39 is 5.97 Å². The van der Waals surface area contributed by atoms with Crippen LogP contribution in [-0.2, 0) is 12.8 Å². The number of aromatic nitrogens is 3. The summed E-state index contributed by atoms with van der Waals surface area (Å²) in [6.07, 6.45) is 1.33. The summed E-state index contributed by atoms with van der Waals surface area (Å²) in [7, 11) is 1.68. The maximum absolute atomic E-state index is 13.0. The number of halogens is 2. The zero-order valence-electron chi connectivity index (χ0n) is 21.5. The highest BCUT2D eigenvalue weighted by Gasteiger charge is 2.21. The number of anilines is 1. The van der Waals surface area contributed by atoms with Crippen molar-refractivity contribution < 1.29 is 14.7 Å². The molecule has 9 heteroatoms. The molecule has 2 aromatic heterocycles. The minimum absolute atomic E-state index is 0.129. The first-order chi connectivity index (χ1) is 18.1. The number of nitrogens with zero attached hydrogens (tertiary/aromatic N) is 3. The van der Waals surface area contributed by atoms with E-state index in [9.17, 15) is 9.59 Å². The molecule has 0 bridgehead atoms. The Morgan fingerprint density at radius 1 is 0.974 bits per heavy atom. The number of H-pyrrole nitrogens is 1. The van der Waals surface area contributed by atoms with Crippen LogP contribution in [0.5, 0.6) is 0 Å². The van der Waals surface area contributed by atoms with Crippen LogP contribution in [0.3, 0.4) is 0 Å². The molecule has 38 heavy (non-hydrogen) atoms. The zero-order valence-corrected chi connectivity index (χ0v) is 23.1. The molecule has 2 heterocycles. The number of amides is 1. The Morgan fingerprint density at radius 3 is 2.18 bits per heavy atom. The van der Waals surface area contributed by atoms with Gasteiger partial charge in [0.05, 0.1) is 38.4 Å². The number of aromatic amines is 1. The summed E-state index contributed by atoms with van der Waals surface area (Å²) in [6, 6.07) is 15.1. The summed E-state index contributed by atoms with van der Waals surface area (Å²) in [4.78, 5) is 30.4. The van der Waals surface area contributed by atoms with Crippen LogP contribution in [0, 0.1) is 6.92 Å². The lowest BCUT2D eigenvalue weighted by Crippen LogP contribution is -2.27. The molecular formula is C29H28Cl2N4O3. The predicted molar refractivity (Wildman–Crippen MR) is 151 cm³/mol. The molecule has 4 aromatic rings. The average molecular weight is 551 g/mol. The molecule has 0 saturated carbocycles. The van der Waals surface area contributed by atoms with Crippen molar-refractivity contribution in [1.29, 1.82) is 0 Å². The van der Waals surface area contributed by atoms with Gasteiger partial charge in [-0.3, -0.25) is 14.9 Å². The fraction of sp³-hybridized carbons (Fsp3) is 0.241. The van der Waals surface area contributed by atoms with E-state index in [-0.39, 0.29) is 17.4 Å². The van der Waals surface area contributed by atoms with E-state index in [0.717, 1.165) is 28.2 Å². The predicted octanol–water partition coefficient (Wildman–Crippen LogP) is 6.97. The van der Waals surface area contributed by atoms with E-state index in [1.165, 1.54) is 29.2 Å². The second kappa shape index (κ2) is 11.4. The van der Waals surface area contributed by atoms with Crippen LogP contribution in [0.2, 0.25) is 10.0 Å². The summed E-state index contributed by atoms with van der Waals surface area (Å²) in [6.45, 7) is 6.05. The second-order valence-corrected chi connectivity index (χ2v) is 10.2. The first kappa shape index (κ1) is 27.4. The molecule has 0 fully saturated rings. The minimum Gasteiger partial charge on any atom is -0.478 e. The molecule has 2 aromatic carbocycles. The molecular weight excluding hydrogens is 523 g/mol. The van der Waals surface area contributed by atoms with Gasteiger partial charge in [-0.05, 0) is 74.2 Å². The number of nitrogens with one attached hydrogen (secondary N) is 1. The SMILES string of the molecule is Cc1nc(CCc2c(C(C)C)n[nH]c2-c2c(Cl)cccc2Cl)ccc1N(C)C(=O)c1ccc(C(=O)O)cc1. The number of carbonyl (C=O) groups is 2. The smallest absolute Gasteiger partial charge is 0.335 e. The number of carboxylic acids is 1. The van der Waals surface area contributed by atoms with Gasteiger partial charge in [-0.2, -0.15) is 5.10 Å². The van der Waals surface area contributed by atoms with Gasteiger partial charge in [-0.25, -0.2) is 4.79 Å². The lowest BCUT2D eigenvalue weighted by molar-refractivity contribution is 0.0696. The molecule has 0 aliphatic heterocycles. The lowest BCUT2D eigenvalue weighted by Gasteiger charge is -2.20. The number of hydrogen-bond donors (Lipinski definition) is 2. The van der Waals surface area contributed by atoms with E-state index in [0.29, 0.717) is 39.8 Å². The molecule has 0 spiro atoms. The topological polar surface area (TPSA) is 99.2 Å². The number of hydrogen-bond acceptors (Lipinski definition) is 4. The van der Waals surface area contributed by atoms with Crippen molar-refractivity contribution >= 4 is 40.8 Å². The largest absolute Gasteiger partial charge is 0.478 e. The highest BCUT2D eigenvalue weighted by Crippen LogP contribution is 2.38. The fourth-order valence-corrected chi connectivity index (χ4v) is 5.05. The monoisotopic (exact) mass is 550 g/mol. The van der Waals surface area contributed by atoms with Crippen LogP contribution in [0.15, 0.2) is 54.6 Å². The quantitative estimate of drug-likeness (QED) is 0.246. The number of aryl methyl sites for hydroxylation is 2. The number of benzene rings is 2. The van der Waals surface area contributed by atoms with E-state index in [1.807, 2.05) is 37.3 Å². The number of carbonyl (C=O) groups excluding carboxylic acids is 1. The van der Waals surface area contributed by atoms with Crippen molar-refractivity contribution in [3.8, 4) is 11.3 Å². The Kier molecular flexibility index (Phi) is 8.19. The number of carboxylic acid groups (broad SMARTS) is 1. The van der Waals surface area contributed by atoms with E-state index in [1.54, 1.807) is 7.05 Å². The number of pyridine rings is 1. The summed E-state index contributed by atoms with van der Waals surface area (Å²) in [5.41, 5.74) is 6.36. The molecule has 196 valence electrons. The van der Waals surface area contributed by atoms with Crippen molar-refractivity contribution in [3.05, 3.63) is 98.4 Å². The standard InChI is InChI=1S/C29H28Cl2N4O3/c1-16(2)26-21(27(34-33-26)25-22(30)6-5-7-23(25)31)14-12-20-13-15-24(17(3)32-20)35(4)28(36)18-8-10-19(11-9-18)29(37)38/h5-11,13,15-16H,12,14H2,1-4H3,(H,33,34)(H,37,38). The normalized spacial score (nSPS) is 11.1. The zero-order chi connectivity index (χ0) is 27.6. The van der Waals surface area contributed by atoms with Crippen LogP contribution in [0.4, 0.5) is 5.69 Å². The fourth-order valence-electron chi connectivity index (χ4n) is 4.46. The third-order valence-electron chi connectivity index (χ3n) is 6.45. The van der Waals surface area contributed by atoms with E-state index >= 15 is 0 Å². The summed E-state index contributed by atoms with van der Waals surface area (Å²) < 4.78 is 0. The molecule has 0 aliphatic carbocycles. The maximum atomic E-state index is 13.0. The Hall–Kier alpha value is -3.68. The minimum atomic E-state index is -1.04. The van der Waals surface area contributed by atoms with Gasteiger partial charge in [0.25, 0.3) is 5.91 Å². The van der Waals surface area contributed by atoms with Gasteiger partial charge in [0, 0.05) is 29.4 Å². The van der Waals surface area contributed by atoms with Gasteiger partial charge < -0.3 is 10.0 Å². The van der Waals surface area contributed by atoms with Gasteiger partial charge >= 0.3 is 5.97 Å². The third-order valence-corrected chi connectivity index (χ3v) is 7.08. The third kappa shape index (κ3) is 5.59. The number of aromatic carboxylic acids is 1. The molecule has 0 radical (unpaired) electrons. The molecule has 7 nitrogen and oxygen atoms in total. The Morgan fingerprint density at radius 2 is 1.61 bits per heavy atom. The highest BCUT2D eigenvalue weighted by atomic mass is 35.5. The Bertz CT molecular complexity index is 1480. The van der Waals surface area contributed by atoms with E-state index in [2.05, 4.69) is 24.0 Å². The van der Waals surface area contributed by atoms with Crippen molar-refractivity contribution in [3.63, 3.8) is 0 Å². The molecule has 1 amide bonds. The van der Waals surface area contributed by atoms with Gasteiger partial charge in [0.2, 0.25) is 0 Å². The van der Waals surface area contributed by atoms with Crippen LogP contribution in [0.25, 0.3) is 11.3 Å². The molecule has 2 N–H and O–H groups in total. The molecule has 4 rings (SSSR count). The maximum Gasteiger partial charge on any atom is 0.335 e. The van der Waals surface area contributed by atoms with E-state index in [4.69, 9.17) is 33.3 Å². The van der Waals surface area contributed by atoms with Crippen molar-refractivity contribution in [1.82, 2.24) is 15.2 Å². The van der Waals surface area contributed by atoms with Crippen LogP contribution < -0.4 is 4.90 Å². The molecule has 0 aliphatic rings. The summed E-state index contributed by atoms with van der Waals surface area (Å²) in [5.74, 6) is -1.08. The van der Waals surface area contributed by atoms with Crippen LogP contribution in [-0.4, -0.2) is 39.2 Å².